The lowest BCUT2D eigenvalue weighted by Crippen LogP contribution is -2.46. The standard InChI is InChI=1S/C15H21NO4/c1-11-9-16(10-12(2)20-11)7-8-19-14-6-4-3-5-13(14)15(17)18/h3-6,11-12H,7-10H2,1-2H3,(H,17,18)/t11-,12-/m1/s1. The van der Waals surface area contributed by atoms with E-state index >= 15 is 0 Å². The summed E-state index contributed by atoms with van der Waals surface area (Å²) < 4.78 is 11.3. The van der Waals surface area contributed by atoms with Gasteiger partial charge in [0.15, 0.2) is 0 Å². The molecule has 1 aliphatic rings. The zero-order chi connectivity index (χ0) is 14.5. The number of benzene rings is 1. The molecule has 1 aliphatic heterocycles. The van der Waals surface area contributed by atoms with Crippen molar-refractivity contribution in [3.05, 3.63) is 29.8 Å². The van der Waals surface area contributed by atoms with E-state index in [1.165, 1.54) is 0 Å². The van der Waals surface area contributed by atoms with Crippen LogP contribution in [0.5, 0.6) is 5.75 Å². The summed E-state index contributed by atoms with van der Waals surface area (Å²) in [5.41, 5.74) is 0.205. The first-order chi connectivity index (χ1) is 9.56. The highest BCUT2D eigenvalue weighted by molar-refractivity contribution is 5.90. The number of nitrogens with zero attached hydrogens (tertiary/aromatic N) is 1. The summed E-state index contributed by atoms with van der Waals surface area (Å²) >= 11 is 0. The van der Waals surface area contributed by atoms with Crippen LogP contribution in [-0.2, 0) is 4.74 Å². The van der Waals surface area contributed by atoms with Crippen LogP contribution in [0.3, 0.4) is 0 Å². The zero-order valence-corrected chi connectivity index (χ0v) is 11.9. The molecule has 0 radical (unpaired) electrons. The second-order valence-corrected chi connectivity index (χ2v) is 5.17. The van der Waals surface area contributed by atoms with Crippen LogP contribution in [0.15, 0.2) is 24.3 Å². The molecule has 1 heterocycles. The van der Waals surface area contributed by atoms with E-state index < -0.39 is 5.97 Å². The maximum absolute atomic E-state index is 11.1. The van der Waals surface area contributed by atoms with Crippen molar-refractivity contribution < 1.29 is 19.4 Å². The van der Waals surface area contributed by atoms with Crippen LogP contribution in [0.4, 0.5) is 0 Å². The third-order valence-electron chi connectivity index (χ3n) is 3.28. The number of carboxylic acid groups (broad SMARTS) is 1. The number of rotatable bonds is 5. The Morgan fingerprint density at radius 3 is 2.65 bits per heavy atom. The molecule has 0 aromatic heterocycles. The van der Waals surface area contributed by atoms with Gasteiger partial charge in [-0.05, 0) is 26.0 Å². The van der Waals surface area contributed by atoms with Gasteiger partial charge in [0, 0.05) is 19.6 Å². The Bertz CT molecular complexity index is 453. The van der Waals surface area contributed by atoms with Crippen LogP contribution >= 0.6 is 0 Å². The molecule has 0 unspecified atom stereocenters. The molecule has 5 nitrogen and oxygen atoms in total. The average molecular weight is 279 g/mol. The SMILES string of the molecule is C[C@@H]1CN(CCOc2ccccc2C(=O)O)C[C@@H](C)O1. The van der Waals surface area contributed by atoms with Crippen molar-refractivity contribution in [2.24, 2.45) is 0 Å². The van der Waals surface area contributed by atoms with E-state index in [1.807, 2.05) is 0 Å². The Labute approximate surface area is 119 Å². The van der Waals surface area contributed by atoms with Crippen LogP contribution in [0.2, 0.25) is 0 Å². The molecular weight excluding hydrogens is 258 g/mol. The van der Waals surface area contributed by atoms with E-state index in [4.69, 9.17) is 14.6 Å². The van der Waals surface area contributed by atoms with Crippen LogP contribution in [0.1, 0.15) is 24.2 Å². The van der Waals surface area contributed by atoms with Crippen LogP contribution in [-0.4, -0.2) is 54.4 Å². The Morgan fingerprint density at radius 1 is 1.35 bits per heavy atom. The highest BCUT2D eigenvalue weighted by Gasteiger charge is 2.21. The van der Waals surface area contributed by atoms with Crippen molar-refractivity contribution in [3.63, 3.8) is 0 Å². The Balaban J connectivity index is 1.85. The van der Waals surface area contributed by atoms with Gasteiger partial charge in [0.1, 0.15) is 17.9 Å². The van der Waals surface area contributed by atoms with Gasteiger partial charge < -0.3 is 14.6 Å². The van der Waals surface area contributed by atoms with Crippen molar-refractivity contribution in [1.29, 1.82) is 0 Å². The minimum absolute atomic E-state index is 0.205. The fraction of sp³-hybridized carbons (Fsp3) is 0.533. The number of carbonyl (C=O) groups is 1. The third kappa shape index (κ3) is 3.95. The van der Waals surface area contributed by atoms with E-state index in [-0.39, 0.29) is 17.8 Å². The molecular formula is C15H21NO4. The normalized spacial score (nSPS) is 23.5. The molecule has 0 amide bonds. The molecule has 0 aliphatic carbocycles. The van der Waals surface area contributed by atoms with Gasteiger partial charge in [-0.25, -0.2) is 4.79 Å². The summed E-state index contributed by atoms with van der Waals surface area (Å²) in [7, 11) is 0. The molecule has 2 atom stereocenters. The monoisotopic (exact) mass is 279 g/mol. The molecule has 2 rings (SSSR count). The van der Waals surface area contributed by atoms with E-state index in [2.05, 4.69) is 18.7 Å². The molecule has 20 heavy (non-hydrogen) atoms. The number of morpholine rings is 1. The number of ether oxygens (including phenoxy) is 2. The van der Waals surface area contributed by atoms with Crippen LogP contribution < -0.4 is 4.74 Å². The maximum atomic E-state index is 11.1. The van der Waals surface area contributed by atoms with Crippen molar-refractivity contribution in [1.82, 2.24) is 4.90 Å². The highest BCUT2D eigenvalue weighted by atomic mass is 16.5. The Kier molecular flexibility index (Phi) is 4.98. The lowest BCUT2D eigenvalue weighted by Gasteiger charge is -2.35. The summed E-state index contributed by atoms with van der Waals surface area (Å²) in [4.78, 5) is 13.3. The molecule has 110 valence electrons. The van der Waals surface area contributed by atoms with Gasteiger partial charge in [-0.3, -0.25) is 4.90 Å². The van der Waals surface area contributed by atoms with Crippen LogP contribution in [0, 0.1) is 0 Å². The van der Waals surface area contributed by atoms with Crippen molar-refractivity contribution in [2.75, 3.05) is 26.2 Å². The van der Waals surface area contributed by atoms with E-state index in [1.54, 1.807) is 24.3 Å². The summed E-state index contributed by atoms with van der Waals surface area (Å²) in [6.07, 6.45) is 0.454. The fourth-order valence-corrected chi connectivity index (χ4v) is 2.52. The summed E-state index contributed by atoms with van der Waals surface area (Å²) in [5.74, 6) is -0.538. The Morgan fingerprint density at radius 2 is 2.00 bits per heavy atom. The minimum Gasteiger partial charge on any atom is -0.491 e. The smallest absolute Gasteiger partial charge is 0.339 e. The predicted molar refractivity (Wildman–Crippen MR) is 75.3 cm³/mol. The van der Waals surface area contributed by atoms with Gasteiger partial charge in [-0.1, -0.05) is 12.1 Å². The average Bonchev–Trinajstić information content (AvgIpc) is 2.38. The third-order valence-corrected chi connectivity index (χ3v) is 3.28. The molecule has 1 N–H and O–H groups in total. The number of aromatic carboxylic acids is 1. The predicted octanol–water partition coefficient (Wildman–Crippen LogP) is 1.87. The Hall–Kier alpha value is -1.59. The van der Waals surface area contributed by atoms with Gasteiger partial charge in [0.25, 0.3) is 0 Å². The first kappa shape index (κ1) is 14.8. The maximum Gasteiger partial charge on any atom is 0.339 e. The summed E-state index contributed by atoms with van der Waals surface area (Å²) in [6, 6.07) is 6.72. The quantitative estimate of drug-likeness (QED) is 0.891. The molecule has 1 saturated heterocycles. The molecule has 1 aromatic carbocycles. The minimum atomic E-state index is -0.964. The molecule has 0 saturated carbocycles. The summed E-state index contributed by atoms with van der Waals surface area (Å²) in [5, 5.41) is 9.08. The number of para-hydroxylation sites is 1. The van der Waals surface area contributed by atoms with Gasteiger partial charge in [0.05, 0.1) is 12.2 Å². The van der Waals surface area contributed by atoms with Crippen molar-refractivity contribution >= 4 is 5.97 Å². The van der Waals surface area contributed by atoms with Gasteiger partial charge >= 0.3 is 5.97 Å². The number of carboxylic acids is 1. The first-order valence-electron chi connectivity index (χ1n) is 6.89. The van der Waals surface area contributed by atoms with Gasteiger partial charge in [-0.15, -0.1) is 0 Å². The second-order valence-electron chi connectivity index (χ2n) is 5.17. The van der Waals surface area contributed by atoms with E-state index in [9.17, 15) is 4.79 Å². The van der Waals surface area contributed by atoms with Crippen LogP contribution in [0.25, 0.3) is 0 Å². The lowest BCUT2D eigenvalue weighted by atomic mass is 10.2. The lowest BCUT2D eigenvalue weighted by molar-refractivity contribution is -0.0699. The molecule has 1 fully saturated rings. The molecule has 1 aromatic rings. The fourth-order valence-electron chi connectivity index (χ4n) is 2.52. The largest absolute Gasteiger partial charge is 0.491 e. The summed E-state index contributed by atoms with van der Waals surface area (Å²) in [6.45, 7) is 7.13. The number of hydrogen-bond acceptors (Lipinski definition) is 4. The topological polar surface area (TPSA) is 59.0 Å². The van der Waals surface area contributed by atoms with Crippen molar-refractivity contribution in [3.8, 4) is 5.75 Å². The highest BCUT2D eigenvalue weighted by Crippen LogP contribution is 2.18. The van der Waals surface area contributed by atoms with Gasteiger partial charge in [0.2, 0.25) is 0 Å². The number of hydrogen-bond donors (Lipinski definition) is 1. The van der Waals surface area contributed by atoms with E-state index in [0.29, 0.717) is 12.4 Å². The van der Waals surface area contributed by atoms with E-state index in [0.717, 1.165) is 19.6 Å². The molecule has 0 bridgehead atoms. The van der Waals surface area contributed by atoms with Gasteiger partial charge in [-0.2, -0.15) is 0 Å². The first-order valence-corrected chi connectivity index (χ1v) is 6.89. The van der Waals surface area contributed by atoms with Crippen molar-refractivity contribution in [2.45, 2.75) is 26.1 Å². The molecule has 5 heteroatoms. The zero-order valence-electron chi connectivity index (χ0n) is 11.9. The second kappa shape index (κ2) is 6.72. The molecule has 0 spiro atoms.